The second-order valence-electron chi connectivity index (χ2n) is 7.79. The van der Waals surface area contributed by atoms with Gasteiger partial charge in [-0.3, -0.25) is 9.59 Å². The van der Waals surface area contributed by atoms with Crippen LogP contribution in [0.1, 0.15) is 44.1 Å². The largest absolute Gasteiger partial charge is 0.477 e. The number of amides is 2. The van der Waals surface area contributed by atoms with Gasteiger partial charge in [-0.2, -0.15) is 0 Å². The molecule has 0 bridgehead atoms. The number of carbonyl (C=O) groups is 3. The third-order valence-electron chi connectivity index (χ3n) is 5.42. The smallest absolute Gasteiger partial charge is 0.352 e. The Labute approximate surface area is 210 Å². The van der Waals surface area contributed by atoms with Crippen molar-refractivity contribution in [3.05, 3.63) is 110 Å². The van der Waals surface area contributed by atoms with Crippen LogP contribution < -0.4 is 10.6 Å². The summed E-state index contributed by atoms with van der Waals surface area (Å²) < 4.78 is 0. The normalized spacial score (nSPS) is 12.2. The second kappa shape index (κ2) is 10.5. The number of hydrogen-bond acceptors (Lipinski definition) is 4. The van der Waals surface area contributed by atoms with Crippen LogP contribution in [-0.4, -0.2) is 22.9 Å². The summed E-state index contributed by atoms with van der Waals surface area (Å²) in [5.41, 5.74) is 1.05. The van der Waals surface area contributed by atoms with Gasteiger partial charge in [0, 0.05) is 10.4 Å². The van der Waals surface area contributed by atoms with Gasteiger partial charge < -0.3 is 15.7 Å². The number of aliphatic carboxylic acids is 1. The number of carbonyl (C=O) groups excluding carboxylic acids is 2. The molecule has 8 heteroatoms. The first-order valence-corrected chi connectivity index (χ1v) is 12.0. The Morgan fingerprint density at radius 2 is 1.74 bits per heavy atom. The zero-order valence-electron chi connectivity index (χ0n) is 18.6. The summed E-state index contributed by atoms with van der Waals surface area (Å²) in [4.78, 5) is 37.8. The topological polar surface area (TPSA) is 95.5 Å². The Hall–Kier alpha value is -3.94. The molecule has 0 aliphatic heterocycles. The molecular formula is C27H21ClN2O4S. The van der Waals surface area contributed by atoms with E-state index in [0.717, 1.165) is 16.3 Å². The van der Waals surface area contributed by atoms with E-state index in [0.29, 0.717) is 4.88 Å². The van der Waals surface area contributed by atoms with Crippen LogP contribution in [0.5, 0.6) is 0 Å². The van der Waals surface area contributed by atoms with Crippen molar-refractivity contribution in [2.24, 2.45) is 0 Å². The third kappa shape index (κ3) is 5.59. The highest BCUT2D eigenvalue weighted by Gasteiger charge is 2.19. The molecule has 4 aromatic rings. The van der Waals surface area contributed by atoms with E-state index in [1.165, 1.54) is 35.6 Å². The molecule has 0 aliphatic rings. The molecule has 0 radical (unpaired) electrons. The molecule has 1 unspecified atom stereocenters. The van der Waals surface area contributed by atoms with Gasteiger partial charge in [-0.1, -0.05) is 60.1 Å². The molecule has 0 saturated carbocycles. The molecule has 35 heavy (non-hydrogen) atoms. The Kier molecular flexibility index (Phi) is 7.29. The molecule has 0 spiro atoms. The maximum atomic E-state index is 12.9. The fourth-order valence-corrected chi connectivity index (χ4v) is 4.61. The van der Waals surface area contributed by atoms with Crippen LogP contribution >= 0.6 is 22.9 Å². The van der Waals surface area contributed by atoms with Crippen molar-refractivity contribution in [2.45, 2.75) is 13.0 Å². The monoisotopic (exact) mass is 504 g/mol. The molecule has 1 heterocycles. The Balaban J connectivity index is 1.49. The average molecular weight is 505 g/mol. The first kappa shape index (κ1) is 24.2. The molecule has 0 fully saturated rings. The molecular weight excluding hydrogens is 484 g/mol. The molecule has 3 N–H and O–H groups in total. The molecule has 0 aliphatic carbocycles. The summed E-state index contributed by atoms with van der Waals surface area (Å²) >= 11 is 7.64. The van der Waals surface area contributed by atoms with Crippen LogP contribution in [0.3, 0.4) is 0 Å². The maximum absolute atomic E-state index is 12.9. The lowest BCUT2D eigenvalue weighted by Crippen LogP contribution is -2.28. The number of benzene rings is 3. The van der Waals surface area contributed by atoms with Gasteiger partial charge in [0.25, 0.3) is 11.8 Å². The summed E-state index contributed by atoms with van der Waals surface area (Å²) in [6.45, 7) is 1.90. The van der Waals surface area contributed by atoms with Gasteiger partial charge in [-0.05, 0) is 59.0 Å². The number of carboxylic acid groups (broad SMARTS) is 1. The maximum Gasteiger partial charge on any atom is 0.352 e. The summed E-state index contributed by atoms with van der Waals surface area (Å²) in [5.74, 6) is -2.30. The number of nitrogens with one attached hydrogen (secondary N) is 2. The van der Waals surface area contributed by atoms with E-state index in [1.807, 2.05) is 49.4 Å². The van der Waals surface area contributed by atoms with E-state index in [9.17, 15) is 19.5 Å². The molecule has 3 aromatic carbocycles. The molecule has 0 saturated heterocycles. The van der Waals surface area contributed by atoms with E-state index in [-0.39, 0.29) is 33.8 Å². The van der Waals surface area contributed by atoms with Gasteiger partial charge in [0.2, 0.25) is 0 Å². The molecule has 176 valence electrons. The van der Waals surface area contributed by atoms with Crippen LogP contribution in [-0.2, 0) is 4.79 Å². The lowest BCUT2D eigenvalue weighted by atomic mass is 9.99. The van der Waals surface area contributed by atoms with Crippen molar-refractivity contribution in [1.29, 1.82) is 0 Å². The zero-order chi connectivity index (χ0) is 24.9. The SMILES string of the molecule is CC(NC(=O)c1ccc(C(=O)NC(=Cc2cccs2)C(=O)O)c(Cl)c1)c1cccc2ccccc12. The summed E-state index contributed by atoms with van der Waals surface area (Å²) in [7, 11) is 0. The highest BCUT2D eigenvalue weighted by atomic mass is 35.5. The number of halogens is 1. The number of rotatable bonds is 7. The predicted octanol–water partition coefficient (Wildman–Crippen LogP) is 5.90. The molecule has 1 atom stereocenters. The predicted molar refractivity (Wildman–Crippen MR) is 139 cm³/mol. The fraction of sp³-hybridized carbons (Fsp3) is 0.0741. The first-order chi connectivity index (χ1) is 16.8. The molecule has 1 aromatic heterocycles. The minimum absolute atomic E-state index is 0.0360. The quantitative estimate of drug-likeness (QED) is 0.273. The van der Waals surface area contributed by atoms with Crippen LogP contribution in [0.2, 0.25) is 5.02 Å². The summed E-state index contributed by atoms with van der Waals surface area (Å²) in [6, 6.07) is 21.4. The third-order valence-corrected chi connectivity index (χ3v) is 6.55. The van der Waals surface area contributed by atoms with Crippen molar-refractivity contribution in [1.82, 2.24) is 10.6 Å². The van der Waals surface area contributed by atoms with Crippen molar-refractivity contribution in [3.8, 4) is 0 Å². The number of carboxylic acids is 1. The van der Waals surface area contributed by atoms with Gasteiger partial charge in [-0.25, -0.2) is 4.79 Å². The highest BCUT2D eigenvalue weighted by molar-refractivity contribution is 7.10. The van der Waals surface area contributed by atoms with Gasteiger partial charge >= 0.3 is 5.97 Å². The first-order valence-electron chi connectivity index (χ1n) is 10.7. The van der Waals surface area contributed by atoms with Crippen LogP contribution in [0, 0.1) is 0 Å². The van der Waals surface area contributed by atoms with E-state index in [2.05, 4.69) is 10.6 Å². The molecule has 6 nitrogen and oxygen atoms in total. The standard InChI is InChI=1S/C27H21ClN2O4S/c1-16(20-10-4-7-17-6-2-3-9-21(17)20)29-25(31)18-11-12-22(23(28)14-18)26(32)30-24(27(33)34)15-19-8-5-13-35-19/h2-16H,1H3,(H,29,31)(H,30,32)(H,33,34). The van der Waals surface area contributed by atoms with Gasteiger partial charge in [0.05, 0.1) is 16.6 Å². The van der Waals surface area contributed by atoms with Gasteiger partial charge in [0.1, 0.15) is 5.70 Å². The summed E-state index contributed by atoms with van der Waals surface area (Å²) in [5, 5.41) is 18.7. The van der Waals surface area contributed by atoms with Crippen LogP contribution in [0.4, 0.5) is 0 Å². The van der Waals surface area contributed by atoms with Crippen molar-refractivity contribution in [2.75, 3.05) is 0 Å². The Morgan fingerprint density at radius 3 is 2.46 bits per heavy atom. The fourth-order valence-electron chi connectivity index (χ4n) is 3.68. The van der Waals surface area contributed by atoms with Crippen LogP contribution in [0.25, 0.3) is 16.8 Å². The minimum atomic E-state index is -1.28. The van der Waals surface area contributed by atoms with Gasteiger partial charge in [-0.15, -0.1) is 11.3 Å². The Morgan fingerprint density at radius 1 is 0.971 bits per heavy atom. The van der Waals surface area contributed by atoms with Gasteiger partial charge in [0.15, 0.2) is 0 Å². The lowest BCUT2D eigenvalue weighted by Gasteiger charge is -2.17. The molecule has 2 amide bonds. The Bertz CT molecular complexity index is 1440. The number of fused-ring (bicyclic) bond motifs is 1. The van der Waals surface area contributed by atoms with E-state index in [4.69, 9.17) is 11.6 Å². The average Bonchev–Trinajstić information content (AvgIpc) is 3.36. The minimum Gasteiger partial charge on any atom is -0.477 e. The molecule has 4 rings (SSSR count). The second-order valence-corrected chi connectivity index (χ2v) is 9.18. The van der Waals surface area contributed by atoms with Crippen molar-refractivity contribution < 1.29 is 19.5 Å². The van der Waals surface area contributed by atoms with E-state index in [1.54, 1.807) is 17.5 Å². The van der Waals surface area contributed by atoms with Crippen molar-refractivity contribution >= 4 is 57.6 Å². The lowest BCUT2D eigenvalue weighted by molar-refractivity contribution is -0.132. The van der Waals surface area contributed by atoms with E-state index >= 15 is 0 Å². The van der Waals surface area contributed by atoms with Crippen molar-refractivity contribution in [3.63, 3.8) is 0 Å². The van der Waals surface area contributed by atoms with E-state index < -0.39 is 11.9 Å². The number of thiophene rings is 1. The highest BCUT2D eigenvalue weighted by Crippen LogP contribution is 2.25. The van der Waals surface area contributed by atoms with Crippen LogP contribution in [0.15, 0.2) is 83.9 Å². The zero-order valence-corrected chi connectivity index (χ0v) is 20.2. The summed E-state index contributed by atoms with van der Waals surface area (Å²) in [6.07, 6.45) is 1.37. The number of hydrogen-bond donors (Lipinski definition) is 3.